The minimum absolute atomic E-state index is 0.100. The number of nitro groups is 1. The molecule has 0 fully saturated rings. The van der Waals surface area contributed by atoms with E-state index < -0.39 is 4.92 Å². The molecule has 1 aliphatic rings. The molecule has 0 aromatic heterocycles. The van der Waals surface area contributed by atoms with Crippen molar-refractivity contribution >= 4 is 5.69 Å². The maximum Gasteiger partial charge on any atom is 0.311 e. The van der Waals surface area contributed by atoms with Crippen LogP contribution in [0.25, 0.3) is 0 Å². The van der Waals surface area contributed by atoms with E-state index in [2.05, 4.69) is 0 Å². The van der Waals surface area contributed by atoms with Crippen molar-refractivity contribution in [2.24, 2.45) is 5.73 Å². The van der Waals surface area contributed by atoms with E-state index in [0.29, 0.717) is 12.0 Å². The number of benzene rings is 1. The average molecular weight is 194 g/mol. The van der Waals surface area contributed by atoms with Crippen molar-refractivity contribution < 1.29 is 10.0 Å². The van der Waals surface area contributed by atoms with Crippen LogP contribution in [0.1, 0.15) is 23.6 Å². The SMILES string of the molecule is N[C@H]1CCc2c1ccc([N+](=O)[O-])c2O. The number of nitro benzene ring substituents is 1. The number of hydrogen-bond donors (Lipinski definition) is 2. The molecule has 0 unspecified atom stereocenters. The Morgan fingerprint density at radius 1 is 1.57 bits per heavy atom. The van der Waals surface area contributed by atoms with Gasteiger partial charge < -0.3 is 10.8 Å². The van der Waals surface area contributed by atoms with E-state index in [9.17, 15) is 15.2 Å². The second kappa shape index (κ2) is 2.95. The van der Waals surface area contributed by atoms with Crippen molar-refractivity contribution in [3.05, 3.63) is 33.4 Å². The highest BCUT2D eigenvalue weighted by molar-refractivity contribution is 5.56. The molecule has 1 aromatic rings. The highest BCUT2D eigenvalue weighted by Crippen LogP contribution is 2.40. The first-order valence-electron chi connectivity index (χ1n) is 4.36. The van der Waals surface area contributed by atoms with Gasteiger partial charge in [-0.2, -0.15) is 0 Å². The van der Waals surface area contributed by atoms with Crippen LogP contribution in [0.2, 0.25) is 0 Å². The number of fused-ring (bicyclic) bond motifs is 1. The summed E-state index contributed by atoms with van der Waals surface area (Å²) in [7, 11) is 0. The molecule has 5 nitrogen and oxygen atoms in total. The molecule has 5 heteroatoms. The van der Waals surface area contributed by atoms with Gasteiger partial charge >= 0.3 is 5.69 Å². The first-order chi connectivity index (χ1) is 6.61. The van der Waals surface area contributed by atoms with E-state index in [-0.39, 0.29) is 17.5 Å². The Kier molecular flexibility index (Phi) is 1.89. The zero-order valence-electron chi connectivity index (χ0n) is 7.43. The molecular formula is C9H10N2O3. The zero-order chi connectivity index (χ0) is 10.3. The molecule has 0 bridgehead atoms. The van der Waals surface area contributed by atoms with E-state index in [1.807, 2.05) is 0 Å². The molecule has 3 N–H and O–H groups in total. The second-order valence-corrected chi connectivity index (χ2v) is 3.40. The van der Waals surface area contributed by atoms with Crippen LogP contribution in [0.3, 0.4) is 0 Å². The maximum atomic E-state index is 10.5. The van der Waals surface area contributed by atoms with E-state index in [1.165, 1.54) is 6.07 Å². The third-order valence-electron chi connectivity index (χ3n) is 2.60. The van der Waals surface area contributed by atoms with Crippen molar-refractivity contribution in [1.82, 2.24) is 0 Å². The Morgan fingerprint density at radius 3 is 2.93 bits per heavy atom. The molecule has 1 atom stereocenters. The summed E-state index contributed by atoms with van der Waals surface area (Å²) in [5.74, 6) is -0.222. The molecule has 14 heavy (non-hydrogen) atoms. The smallest absolute Gasteiger partial charge is 0.311 e. The van der Waals surface area contributed by atoms with Crippen molar-refractivity contribution in [3.63, 3.8) is 0 Å². The lowest BCUT2D eigenvalue weighted by molar-refractivity contribution is -0.385. The Bertz CT molecular complexity index is 403. The van der Waals surface area contributed by atoms with Crippen LogP contribution in [0.4, 0.5) is 5.69 Å². The molecule has 0 radical (unpaired) electrons. The summed E-state index contributed by atoms with van der Waals surface area (Å²) >= 11 is 0. The highest BCUT2D eigenvalue weighted by Gasteiger charge is 2.27. The molecule has 0 saturated carbocycles. The number of hydrogen-bond acceptors (Lipinski definition) is 4. The van der Waals surface area contributed by atoms with Gasteiger partial charge in [0.05, 0.1) is 4.92 Å². The summed E-state index contributed by atoms with van der Waals surface area (Å²) in [5.41, 5.74) is 6.98. The molecule has 0 aliphatic heterocycles. The summed E-state index contributed by atoms with van der Waals surface area (Å²) < 4.78 is 0. The quantitative estimate of drug-likeness (QED) is 0.520. The molecule has 2 rings (SSSR count). The van der Waals surface area contributed by atoms with E-state index in [4.69, 9.17) is 5.73 Å². The summed E-state index contributed by atoms with van der Waals surface area (Å²) in [5, 5.41) is 20.1. The molecule has 0 amide bonds. The Labute approximate surface area is 80.3 Å². The fourth-order valence-corrected chi connectivity index (χ4v) is 1.85. The first kappa shape index (κ1) is 8.96. The van der Waals surface area contributed by atoms with Crippen LogP contribution in [0.5, 0.6) is 5.75 Å². The van der Waals surface area contributed by atoms with Crippen molar-refractivity contribution in [3.8, 4) is 5.75 Å². The number of phenolic OH excluding ortho intramolecular Hbond substituents is 1. The number of nitrogens with two attached hydrogens (primary N) is 1. The lowest BCUT2D eigenvalue weighted by Crippen LogP contribution is -2.05. The predicted molar refractivity (Wildman–Crippen MR) is 50.0 cm³/mol. The standard InChI is InChI=1S/C9H10N2O3/c10-7-3-1-6-5(7)2-4-8(9(6)12)11(13)14/h2,4,7,12H,1,3,10H2/t7-/m0/s1. The van der Waals surface area contributed by atoms with Crippen LogP contribution in [0.15, 0.2) is 12.1 Å². The molecule has 1 aromatic carbocycles. The van der Waals surface area contributed by atoms with Gasteiger partial charge in [0.25, 0.3) is 0 Å². The van der Waals surface area contributed by atoms with Crippen LogP contribution >= 0.6 is 0 Å². The van der Waals surface area contributed by atoms with Gasteiger partial charge in [-0.3, -0.25) is 10.1 Å². The van der Waals surface area contributed by atoms with Crippen molar-refractivity contribution in [2.75, 3.05) is 0 Å². The van der Waals surface area contributed by atoms with Gasteiger partial charge in [-0.15, -0.1) is 0 Å². The van der Waals surface area contributed by atoms with Gasteiger partial charge in [-0.05, 0) is 18.4 Å². The maximum absolute atomic E-state index is 10.5. The third kappa shape index (κ3) is 1.13. The van der Waals surface area contributed by atoms with E-state index in [0.717, 1.165) is 12.0 Å². The third-order valence-corrected chi connectivity index (χ3v) is 2.60. The predicted octanol–water partition coefficient (Wildman–Crippen LogP) is 1.25. The topological polar surface area (TPSA) is 89.4 Å². The lowest BCUT2D eigenvalue weighted by atomic mass is 10.1. The summed E-state index contributed by atoms with van der Waals surface area (Å²) in [6.07, 6.45) is 1.36. The van der Waals surface area contributed by atoms with Crippen LogP contribution < -0.4 is 5.73 Å². The summed E-state index contributed by atoms with van der Waals surface area (Å²) in [4.78, 5) is 9.93. The fraction of sp³-hybridized carbons (Fsp3) is 0.333. The Hall–Kier alpha value is -1.62. The number of phenols is 1. The molecule has 0 heterocycles. The van der Waals surface area contributed by atoms with Gasteiger partial charge in [-0.25, -0.2) is 0 Å². The molecule has 1 aliphatic carbocycles. The highest BCUT2D eigenvalue weighted by atomic mass is 16.6. The van der Waals surface area contributed by atoms with Crippen LogP contribution in [-0.2, 0) is 6.42 Å². The first-order valence-corrected chi connectivity index (χ1v) is 4.36. The molecule has 74 valence electrons. The molecule has 0 spiro atoms. The monoisotopic (exact) mass is 194 g/mol. The average Bonchev–Trinajstić information content (AvgIpc) is 2.49. The summed E-state index contributed by atoms with van der Waals surface area (Å²) in [6, 6.07) is 2.83. The van der Waals surface area contributed by atoms with E-state index >= 15 is 0 Å². The van der Waals surface area contributed by atoms with Crippen LogP contribution in [-0.4, -0.2) is 10.0 Å². The van der Waals surface area contributed by atoms with E-state index in [1.54, 1.807) is 6.07 Å². The van der Waals surface area contributed by atoms with Gasteiger partial charge in [0.1, 0.15) is 0 Å². The van der Waals surface area contributed by atoms with Crippen molar-refractivity contribution in [2.45, 2.75) is 18.9 Å². The largest absolute Gasteiger partial charge is 0.502 e. The van der Waals surface area contributed by atoms with Gasteiger partial charge in [0, 0.05) is 17.7 Å². The van der Waals surface area contributed by atoms with Crippen molar-refractivity contribution in [1.29, 1.82) is 0 Å². The number of nitrogens with zero attached hydrogens (tertiary/aromatic N) is 1. The second-order valence-electron chi connectivity index (χ2n) is 3.40. The number of aromatic hydroxyl groups is 1. The fourth-order valence-electron chi connectivity index (χ4n) is 1.85. The molecule has 0 saturated heterocycles. The van der Waals surface area contributed by atoms with Gasteiger partial charge in [-0.1, -0.05) is 6.07 Å². The zero-order valence-corrected chi connectivity index (χ0v) is 7.43. The lowest BCUT2D eigenvalue weighted by Gasteiger charge is -2.05. The van der Waals surface area contributed by atoms with Gasteiger partial charge in [0.2, 0.25) is 0 Å². The summed E-state index contributed by atoms with van der Waals surface area (Å²) in [6.45, 7) is 0. The Balaban J connectivity index is 2.58. The van der Waals surface area contributed by atoms with Crippen LogP contribution in [0, 0.1) is 10.1 Å². The minimum Gasteiger partial charge on any atom is -0.502 e. The Morgan fingerprint density at radius 2 is 2.29 bits per heavy atom. The normalized spacial score (nSPS) is 19.4. The number of rotatable bonds is 1. The molecular weight excluding hydrogens is 184 g/mol. The minimum atomic E-state index is -0.584. The van der Waals surface area contributed by atoms with Gasteiger partial charge in [0.15, 0.2) is 5.75 Å².